The maximum atomic E-state index is 13.5. The second kappa shape index (κ2) is 13.1. The van der Waals surface area contributed by atoms with Crippen molar-refractivity contribution in [2.24, 2.45) is 0 Å². The molecule has 1 saturated heterocycles. The number of carbonyl (C=O) groups excluding carboxylic acids is 2. The Morgan fingerprint density at radius 3 is 2.45 bits per heavy atom. The Kier molecular flexibility index (Phi) is 9.12. The highest BCUT2D eigenvalue weighted by Crippen LogP contribution is 2.29. The van der Waals surface area contributed by atoms with E-state index in [1.54, 1.807) is 6.20 Å². The molecule has 0 radical (unpaired) electrons. The van der Waals surface area contributed by atoms with Crippen molar-refractivity contribution in [1.29, 1.82) is 0 Å². The van der Waals surface area contributed by atoms with Crippen LogP contribution in [-0.2, 0) is 11.2 Å². The quantitative estimate of drug-likeness (QED) is 0.263. The number of amides is 2. The van der Waals surface area contributed by atoms with Crippen LogP contribution in [0.25, 0.3) is 28.0 Å². The number of rotatable bonds is 10. The van der Waals surface area contributed by atoms with Crippen LogP contribution in [0.15, 0.2) is 54.9 Å². The van der Waals surface area contributed by atoms with Gasteiger partial charge in [0.1, 0.15) is 5.82 Å². The lowest BCUT2D eigenvalue weighted by atomic mass is 10.0. The summed E-state index contributed by atoms with van der Waals surface area (Å²) in [7, 11) is 0. The van der Waals surface area contributed by atoms with Crippen molar-refractivity contribution in [3.63, 3.8) is 0 Å². The number of urea groups is 1. The molecule has 4 heterocycles. The molecule has 2 amide bonds. The number of anilines is 1. The number of ether oxygens (including phenoxy) is 1. The normalized spacial score (nSPS) is 14.2. The Morgan fingerprint density at radius 2 is 1.81 bits per heavy atom. The fraction of sp³-hybridized carbons (Fsp3) is 0.406. The van der Waals surface area contributed by atoms with Gasteiger partial charge in [-0.3, -0.25) is 9.78 Å². The summed E-state index contributed by atoms with van der Waals surface area (Å²) in [4.78, 5) is 39.7. The first-order valence-corrected chi connectivity index (χ1v) is 14.7. The molecule has 1 aliphatic heterocycles. The molecule has 1 atom stereocenters. The largest absolute Gasteiger partial charge is 0.383 e. The van der Waals surface area contributed by atoms with Gasteiger partial charge in [0.05, 0.1) is 36.4 Å². The molecule has 0 saturated carbocycles. The number of pyridine rings is 1. The van der Waals surface area contributed by atoms with E-state index in [0.29, 0.717) is 62.6 Å². The first kappa shape index (κ1) is 29.2. The summed E-state index contributed by atoms with van der Waals surface area (Å²) < 4.78 is 6.98. The van der Waals surface area contributed by atoms with Gasteiger partial charge in [-0.05, 0) is 38.7 Å². The Balaban J connectivity index is 1.44. The first-order valence-electron chi connectivity index (χ1n) is 14.7. The predicted octanol–water partition coefficient (Wildman–Crippen LogP) is 5.12. The van der Waals surface area contributed by atoms with E-state index in [1.807, 2.05) is 58.5 Å². The fourth-order valence-electron chi connectivity index (χ4n) is 5.66. The maximum absolute atomic E-state index is 13.5. The average Bonchev–Trinajstić information content (AvgIpc) is 3.45. The van der Waals surface area contributed by atoms with Crippen molar-refractivity contribution in [2.75, 3.05) is 38.6 Å². The number of benzene rings is 1. The third kappa shape index (κ3) is 5.99. The van der Waals surface area contributed by atoms with E-state index in [4.69, 9.17) is 15.5 Å². The zero-order valence-corrected chi connectivity index (χ0v) is 24.6. The summed E-state index contributed by atoms with van der Waals surface area (Å²) in [5.74, 6) is 0.108. The fourth-order valence-corrected chi connectivity index (χ4v) is 5.66. The molecule has 10 heteroatoms. The van der Waals surface area contributed by atoms with Gasteiger partial charge in [-0.2, -0.15) is 9.61 Å². The molecule has 0 unspecified atom stereocenters. The zero-order valence-electron chi connectivity index (χ0n) is 24.6. The van der Waals surface area contributed by atoms with E-state index >= 15 is 0 Å². The van der Waals surface area contributed by atoms with Crippen LogP contribution < -0.4 is 5.73 Å². The topological polar surface area (TPSA) is 119 Å². The van der Waals surface area contributed by atoms with Crippen LogP contribution in [0.3, 0.4) is 0 Å². The summed E-state index contributed by atoms with van der Waals surface area (Å²) in [6.07, 6.45) is 6.33. The Hall–Kier alpha value is -4.31. The van der Waals surface area contributed by atoms with Crippen molar-refractivity contribution < 1.29 is 14.3 Å². The minimum absolute atomic E-state index is 0.00142. The highest BCUT2D eigenvalue weighted by atomic mass is 16.5. The summed E-state index contributed by atoms with van der Waals surface area (Å²) >= 11 is 0. The second-order valence-electron chi connectivity index (χ2n) is 10.6. The molecule has 0 aliphatic carbocycles. The molecule has 1 aliphatic rings. The number of fused-ring (bicyclic) bond motifs is 1. The molecule has 1 aromatic carbocycles. The third-order valence-corrected chi connectivity index (χ3v) is 7.87. The molecule has 0 bridgehead atoms. The van der Waals surface area contributed by atoms with Gasteiger partial charge in [0.25, 0.3) is 0 Å². The molecule has 220 valence electrons. The van der Waals surface area contributed by atoms with Gasteiger partial charge >= 0.3 is 6.03 Å². The highest BCUT2D eigenvalue weighted by Gasteiger charge is 2.28. The van der Waals surface area contributed by atoms with Crippen molar-refractivity contribution in [2.45, 2.75) is 52.5 Å². The summed E-state index contributed by atoms with van der Waals surface area (Å²) in [6.45, 7) is 8.67. The van der Waals surface area contributed by atoms with Gasteiger partial charge in [-0.1, -0.05) is 50.2 Å². The number of hydrogen-bond donors (Lipinski definition) is 1. The molecular weight excluding hydrogens is 530 g/mol. The van der Waals surface area contributed by atoms with Gasteiger partial charge in [0, 0.05) is 48.6 Å². The van der Waals surface area contributed by atoms with Crippen molar-refractivity contribution in [1.82, 2.24) is 29.4 Å². The molecule has 5 rings (SSSR count). The van der Waals surface area contributed by atoms with E-state index in [9.17, 15) is 9.59 Å². The number of hydrogen-bond acceptors (Lipinski definition) is 7. The number of aromatic nitrogens is 4. The van der Waals surface area contributed by atoms with Crippen molar-refractivity contribution in [3.8, 4) is 22.4 Å². The Labute approximate surface area is 246 Å². The van der Waals surface area contributed by atoms with E-state index < -0.39 is 0 Å². The lowest BCUT2D eigenvalue weighted by Crippen LogP contribution is -2.51. The molecule has 3 aromatic heterocycles. The molecule has 42 heavy (non-hydrogen) atoms. The lowest BCUT2D eigenvalue weighted by Gasteiger charge is -2.37. The SMILES string of the molecule is CCCN(C(=O)N1CCOCC1)[C@H](CC)CCc1nc2c(-c3ccc(-c4ccccc4)nc3)cnn2c(N)c1C(C)=O. The first-order chi connectivity index (χ1) is 20.4. The number of carbonyl (C=O) groups is 2. The summed E-state index contributed by atoms with van der Waals surface area (Å²) in [5.41, 5.74) is 11.7. The van der Waals surface area contributed by atoms with E-state index in [2.05, 4.69) is 23.9 Å². The van der Waals surface area contributed by atoms with Gasteiger partial charge in [-0.25, -0.2) is 9.78 Å². The Bertz CT molecular complexity index is 1530. The van der Waals surface area contributed by atoms with E-state index in [1.165, 1.54) is 11.4 Å². The number of nitrogens with zero attached hydrogens (tertiary/aromatic N) is 6. The number of nitrogen functional groups attached to an aromatic ring is 1. The van der Waals surface area contributed by atoms with Crippen LogP contribution in [0, 0.1) is 0 Å². The van der Waals surface area contributed by atoms with Gasteiger partial charge in [-0.15, -0.1) is 0 Å². The number of aryl methyl sites for hydroxylation is 1. The zero-order chi connectivity index (χ0) is 29.6. The smallest absolute Gasteiger partial charge is 0.320 e. The van der Waals surface area contributed by atoms with Crippen LogP contribution in [0.4, 0.5) is 10.6 Å². The second-order valence-corrected chi connectivity index (χ2v) is 10.6. The highest BCUT2D eigenvalue weighted by molar-refractivity contribution is 6.00. The van der Waals surface area contributed by atoms with Crippen LogP contribution in [0.1, 0.15) is 56.1 Å². The van der Waals surface area contributed by atoms with Gasteiger partial charge < -0.3 is 20.3 Å². The molecule has 1 fully saturated rings. The van der Waals surface area contributed by atoms with Crippen molar-refractivity contribution in [3.05, 3.63) is 66.1 Å². The minimum atomic E-state index is -0.161. The number of nitrogens with two attached hydrogens (primary N) is 1. The van der Waals surface area contributed by atoms with Crippen molar-refractivity contribution >= 4 is 23.3 Å². The van der Waals surface area contributed by atoms with Gasteiger partial charge in [0.15, 0.2) is 11.4 Å². The number of Topliss-reactive ketones (excluding diaryl/α,β-unsaturated/α-hetero) is 1. The average molecular weight is 570 g/mol. The van der Waals surface area contributed by atoms with E-state index in [-0.39, 0.29) is 23.7 Å². The Morgan fingerprint density at radius 1 is 1.05 bits per heavy atom. The minimum Gasteiger partial charge on any atom is -0.383 e. The summed E-state index contributed by atoms with van der Waals surface area (Å²) in [6, 6.07) is 14.0. The molecule has 10 nitrogen and oxygen atoms in total. The number of ketones is 1. The predicted molar refractivity (Wildman–Crippen MR) is 163 cm³/mol. The van der Waals surface area contributed by atoms with Crippen LogP contribution in [-0.4, -0.2) is 80.1 Å². The summed E-state index contributed by atoms with van der Waals surface area (Å²) in [5, 5.41) is 4.48. The van der Waals surface area contributed by atoms with Crippen LogP contribution in [0.2, 0.25) is 0 Å². The monoisotopic (exact) mass is 569 g/mol. The lowest BCUT2D eigenvalue weighted by molar-refractivity contribution is 0.0383. The standard InChI is InChI=1S/C32H39N7O3/c1-4-15-38(32(41)37-16-18-42-19-17-37)25(5-2)12-14-28-29(22(3)40)30(33)39-31(36-28)26(21-35-39)24-11-13-27(34-20-24)23-9-7-6-8-10-23/h6-11,13,20-21,25H,4-5,12,14-19,33H2,1-3H3/t25-/m1/s1. The van der Waals surface area contributed by atoms with E-state index in [0.717, 1.165) is 35.2 Å². The molecule has 2 N–H and O–H groups in total. The number of morpholine rings is 1. The molecular formula is C32H39N7O3. The van der Waals surface area contributed by atoms with Crippen LogP contribution >= 0.6 is 0 Å². The third-order valence-electron chi connectivity index (χ3n) is 7.87. The molecule has 0 spiro atoms. The molecule has 4 aromatic rings. The van der Waals surface area contributed by atoms with Crippen LogP contribution in [0.5, 0.6) is 0 Å². The van der Waals surface area contributed by atoms with Gasteiger partial charge in [0.2, 0.25) is 0 Å². The maximum Gasteiger partial charge on any atom is 0.320 e.